The predicted octanol–water partition coefficient (Wildman–Crippen LogP) is -0.634. The molecule has 0 aromatic heterocycles. The van der Waals surface area contributed by atoms with Gasteiger partial charge in [0.1, 0.15) is 24.4 Å². The van der Waals surface area contributed by atoms with E-state index in [4.69, 9.17) is 23.7 Å². The van der Waals surface area contributed by atoms with Crippen molar-refractivity contribution in [3.63, 3.8) is 0 Å². The van der Waals surface area contributed by atoms with Gasteiger partial charge in [0.05, 0.1) is 38.6 Å². The number of allylic oxidation sites excluding steroid dienone is 1. The van der Waals surface area contributed by atoms with Gasteiger partial charge in [0, 0.05) is 17.9 Å². The van der Waals surface area contributed by atoms with E-state index in [0.29, 0.717) is 11.1 Å². The summed E-state index contributed by atoms with van der Waals surface area (Å²) in [6.45, 7) is 0.912. The van der Waals surface area contributed by atoms with E-state index in [-0.39, 0.29) is 36.5 Å². The average Bonchev–Trinajstić information content (AvgIpc) is 2.90. The predicted molar refractivity (Wildman–Crippen MR) is 126 cm³/mol. The van der Waals surface area contributed by atoms with Gasteiger partial charge in [0.2, 0.25) is 6.29 Å². The first kappa shape index (κ1) is 29.4. The number of carbonyl (C=O) groups is 2. The van der Waals surface area contributed by atoms with E-state index in [1.807, 2.05) is 0 Å². The number of ether oxygens (including phenoxy) is 5. The lowest BCUT2D eigenvalue weighted by Gasteiger charge is -2.41. The quantitative estimate of drug-likeness (QED) is 0.131. The van der Waals surface area contributed by atoms with Gasteiger partial charge in [-0.3, -0.25) is 4.79 Å². The number of carbonyl (C=O) groups excluding carboxylic acids is 2. The fraction of sp³-hybridized carbons (Fsp3) is 0.520. The van der Waals surface area contributed by atoms with E-state index in [2.05, 4.69) is 0 Å². The van der Waals surface area contributed by atoms with Crippen LogP contribution in [0.25, 0.3) is 0 Å². The van der Waals surface area contributed by atoms with Crippen molar-refractivity contribution in [1.29, 1.82) is 0 Å². The summed E-state index contributed by atoms with van der Waals surface area (Å²) >= 11 is 0. The fourth-order valence-corrected chi connectivity index (χ4v) is 4.16. The molecule has 7 atom stereocenters. The molecule has 0 saturated carbocycles. The van der Waals surface area contributed by atoms with Crippen LogP contribution in [0, 0.1) is 5.92 Å². The lowest BCUT2D eigenvalue weighted by molar-refractivity contribution is -0.327. The third-order valence-corrected chi connectivity index (χ3v) is 6.29. The van der Waals surface area contributed by atoms with Crippen LogP contribution in [0.2, 0.25) is 0 Å². The topological polar surface area (TPSA) is 202 Å². The molecule has 0 amide bonds. The average molecular weight is 541 g/mol. The molecule has 1 fully saturated rings. The number of hydrogen-bond donors (Lipinski definition) is 6. The molecule has 13 heteroatoms. The Kier molecular flexibility index (Phi) is 10.1. The third kappa shape index (κ3) is 6.62. The monoisotopic (exact) mass is 540 g/mol. The number of rotatable bonds is 9. The van der Waals surface area contributed by atoms with Crippen LogP contribution in [0.5, 0.6) is 11.5 Å². The van der Waals surface area contributed by atoms with Gasteiger partial charge in [-0.05, 0) is 24.6 Å². The van der Waals surface area contributed by atoms with Crippen molar-refractivity contribution in [3.8, 4) is 11.5 Å². The Balaban J connectivity index is 1.71. The van der Waals surface area contributed by atoms with Gasteiger partial charge in [0.25, 0.3) is 0 Å². The molecule has 3 rings (SSSR count). The van der Waals surface area contributed by atoms with Gasteiger partial charge >= 0.3 is 11.9 Å². The first-order chi connectivity index (χ1) is 18.1. The van der Waals surface area contributed by atoms with Crippen LogP contribution < -0.4 is 0 Å². The molecule has 0 radical (unpaired) electrons. The van der Waals surface area contributed by atoms with Crippen LogP contribution >= 0.6 is 0 Å². The van der Waals surface area contributed by atoms with Gasteiger partial charge in [0.15, 0.2) is 17.8 Å². The van der Waals surface area contributed by atoms with Gasteiger partial charge in [-0.1, -0.05) is 12.1 Å². The van der Waals surface area contributed by atoms with E-state index in [0.717, 1.165) is 13.4 Å². The highest BCUT2D eigenvalue weighted by atomic mass is 16.8. The number of methoxy groups -OCH3 is 1. The number of aromatic hydroxyl groups is 2. The minimum Gasteiger partial charge on any atom is -0.504 e. The Morgan fingerprint density at radius 3 is 2.45 bits per heavy atom. The Bertz CT molecular complexity index is 1050. The molecule has 13 nitrogen and oxygen atoms in total. The summed E-state index contributed by atoms with van der Waals surface area (Å²) in [7, 11) is 1.16. The smallest absolute Gasteiger partial charge is 0.337 e. The molecule has 0 aliphatic carbocycles. The molecular weight excluding hydrogens is 508 g/mol. The van der Waals surface area contributed by atoms with E-state index in [1.165, 1.54) is 12.1 Å². The number of hydrogen-bond acceptors (Lipinski definition) is 13. The normalized spacial score (nSPS) is 30.3. The van der Waals surface area contributed by atoms with Crippen LogP contribution in [-0.2, 0) is 39.7 Å². The first-order valence-electron chi connectivity index (χ1n) is 11.8. The van der Waals surface area contributed by atoms with Crippen LogP contribution in [0.15, 0.2) is 41.7 Å². The zero-order valence-electron chi connectivity index (χ0n) is 20.8. The maximum absolute atomic E-state index is 12.7. The molecule has 6 unspecified atom stereocenters. The molecule has 2 aliphatic rings. The Morgan fingerprint density at radius 2 is 1.82 bits per heavy atom. The molecule has 0 bridgehead atoms. The van der Waals surface area contributed by atoms with Gasteiger partial charge in [-0.15, -0.1) is 0 Å². The molecule has 1 aromatic carbocycles. The second kappa shape index (κ2) is 13.0. The summed E-state index contributed by atoms with van der Waals surface area (Å²) in [5, 5.41) is 58.8. The summed E-state index contributed by atoms with van der Waals surface area (Å²) in [6, 6.07) is 4.23. The van der Waals surface area contributed by atoms with Crippen molar-refractivity contribution in [1.82, 2.24) is 0 Å². The van der Waals surface area contributed by atoms with Crippen molar-refractivity contribution in [2.75, 3.05) is 20.3 Å². The summed E-state index contributed by atoms with van der Waals surface area (Å²) in [5.41, 5.74) is 0.927. The summed E-state index contributed by atoms with van der Waals surface area (Å²) in [5.74, 6) is -2.89. The minimum absolute atomic E-state index is 0.00894. The van der Waals surface area contributed by atoms with Crippen molar-refractivity contribution in [2.45, 2.75) is 56.8 Å². The van der Waals surface area contributed by atoms with Crippen molar-refractivity contribution in [3.05, 3.63) is 47.2 Å². The first-order valence-corrected chi connectivity index (χ1v) is 11.8. The molecule has 6 N–H and O–H groups in total. The van der Waals surface area contributed by atoms with Crippen LogP contribution in [0.4, 0.5) is 0 Å². The standard InChI is InChI=1S/C25H32O13/c1-3-13-14(9-19(29)35-7-6-12-4-5-16(27)17(28)8-12)15(23(33)34-2)11-36-24(13)38-25-22(32)21(31)20(30)18(10-26)37-25/h3-5,8,11,14,18,20-22,24-28,30-32H,6-7,9-10H2,1-2H3/t14-,18?,20?,21?,22?,24?,25?/m1/s1. The maximum Gasteiger partial charge on any atom is 0.337 e. The molecule has 0 spiro atoms. The zero-order chi connectivity index (χ0) is 28.0. The SMILES string of the molecule is CC=C1C(OC2OC(CO)C(O)C(O)C2O)OC=C(C(=O)OC)[C@@H]1CC(=O)OCCc1ccc(O)c(O)c1. The van der Waals surface area contributed by atoms with Crippen LogP contribution in [0.3, 0.4) is 0 Å². The molecule has 2 heterocycles. The third-order valence-electron chi connectivity index (χ3n) is 6.29. The highest BCUT2D eigenvalue weighted by Gasteiger charge is 2.46. The van der Waals surface area contributed by atoms with E-state index >= 15 is 0 Å². The van der Waals surface area contributed by atoms with Gasteiger partial charge in [-0.25, -0.2) is 4.79 Å². The number of aliphatic hydroxyl groups excluding tert-OH is 4. The summed E-state index contributed by atoms with van der Waals surface area (Å²) in [4.78, 5) is 25.1. The van der Waals surface area contributed by atoms with Crippen LogP contribution in [0.1, 0.15) is 18.9 Å². The molecule has 1 aromatic rings. The van der Waals surface area contributed by atoms with Gasteiger partial charge in [-0.2, -0.15) is 0 Å². The Morgan fingerprint density at radius 1 is 1.08 bits per heavy atom. The summed E-state index contributed by atoms with van der Waals surface area (Å²) in [6.07, 6.45) is -6.39. The second-order valence-corrected chi connectivity index (χ2v) is 8.71. The lowest BCUT2D eigenvalue weighted by atomic mass is 9.86. The van der Waals surface area contributed by atoms with E-state index < -0.39 is 61.5 Å². The minimum atomic E-state index is -1.69. The zero-order valence-corrected chi connectivity index (χ0v) is 20.8. The van der Waals surface area contributed by atoms with Gasteiger partial charge < -0.3 is 54.3 Å². The van der Waals surface area contributed by atoms with Crippen molar-refractivity contribution in [2.24, 2.45) is 5.92 Å². The number of aliphatic hydroxyl groups is 4. The largest absolute Gasteiger partial charge is 0.504 e. The molecular formula is C25H32O13. The molecule has 2 aliphatic heterocycles. The number of esters is 2. The molecule has 210 valence electrons. The second-order valence-electron chi connectivity index (χ2n) is 8.71. The fourth-order valence-electron chi connectivity index (χ4n) is 4.16. The maximum atomic E-state index is 12.7. The Labute approximate surface area is 218 Å². The van der Waals surface area contributed by atoms with E-state index in [9.17, 15) is 40.2 Å². The van der Waals surface area contributed by atoms with E-state index in [1.54, 1.807) is 19.1 Å². The van der Waals surface area contributed by atoms with Crippen molar-refractivity contribution >= 4 is 11.9 Å². The summed E-state index contributed by atoms with van der Waals surface area (Å²) < 4.78 is 26.7. The highest BCUT2D eigenvalue weighted by Crippen LogP contribution is 2.36. The van der Waals surface area contributed by atoms with Crippen molar-refractivity contribution < 1.29 is 63.9 Å². The number of phenols is 2. The lowest BCUT2D eigenvalue weighted by Crippen LogP contribution is -2.60. The number of benzene rings is 1. The molecule has 1 saturated heterocycles. The Hall–Kier alpha value is -3.20. The van der Waals surface area contributed by atoms with Crippen LogP contribution in [-0.4, -0.2) is 99.9 Å². The highest BCUT2D eigenvalue weighted by molar-refractivity contribution is 5.90. The number of phenolic OH excluding ortho intramolecular Hbond substituents is 2. The molecule has 38 heavy (non-hydrogen) atoms.